The fraction of sp³-hybridized carbons (Fsp3) is 0.273. The zero-order valence-corrected chi connectivity index (χ0v) is 8.31. The second-order valence-electron chi connectivity index (χ2n) is 3.25. The zero-order valence-electron chi connectivity index (χ0n) is 7.49. The Hall–Kier alpha value is -0.730. The maximum absolute atomic E-state index is 6.02. The van der Waals surface area contributed by atoms with Crippen molar-refractivity contribution < 1.29 is 0 Å². The minimum Gasteiger partial charge on any atom is -0.324 e. The maximum Gasteiger partial charge on any atom is 0.0314 e. The summed E-state index contributed by atoms with van der Waals surface area (Å²) in [5.74, 6) is 1.14. The third-order valence-corrected chi connectivity index (χ3v) is 3.48. The number of nitrogens with two attached hydrogens (primary N) is 1. The van der Waals surface area contributed by atoms with E-state index in [4.69, 9.17) is 5.73 Å². The first-order valence-corrected chi connectivity index (χ1v) is 5.44. The van der Waals surface area contributed by atoms with Gasteiger partial charge < -0.3 is 5.73 Å². The first kappa shape index (κ1) is 8.85. The largest absolute Gasteiger partial charge is 0.324 e. The van der Waals surface area contributed by atoms with E-state index in [1.165, 1.54) is 10.5 Å². The van der Waals surface area contributed by atoms with Gasteiger partial charge in [-0.15, -0.1) is 11.8 Å². The van der Waals surface area contributed by atoms with E-state index in [1.807, 2.05) is 17.8 Å². The van der Waals surface area contributed by atoms with Crippen molar-refractivity contribution in [3.63, 3.8) is 0 Å². The lowest BCUT2D eigenvalue weighted by Crippen LogP contribution is -2.15. The molecule has 1 atom stereocenters. The van der Waals surface area contributed by atoms with Crippen molar-refractivity contribution in [3.8, 4) is 0 Å². The van der Waals surface area contributed by atoms with E-state index < -0.39 is 0 Å². The molecule has 0 spiro atoms. The van der Waals surface area contributed by atoms with E-state index in [9.17, 15) is 0 Å². The lowest BCUT2D eigenvalue weighted by atomic mass is 10.0. The Balaban J connectivity index is 2.46. The zero-order chi connectivity index (χ0) is 9.26. The fourth-order valence-corrected chi connectivity index (χ4v) is 2.70. The molecule has 0 aliphatic carbocycles. The molecule has 1 aliphatic heterocycles. The third-order valence-electron chi connectivity index (χ3n) is 2.36. The van der Waals surface area contributed by atoms with Crippen LogP contribution < -0.4 is 5.73 Å². The minimum atomic E-state index is 0.219. The standard InChI is InChI=1S/C11H13NS/c1-2-8-3-4-11-9(7-8)10(12)5-6-13-11/h2-4,7,10H,1,5-6,12H2/t10-/m0/s1. The Morgan fingerprint density at radius 3 is 3.15 bits per heavy atom. The van der Waals surface area contributed by atoms with Crippen LogP contribution in [0.5, 0.6) is 0 Å². The van der Waals surface area contributed by atoms with Gasteiger partial charge in [0.05, 0.1) is 0 Å². The van der Waals surface area contributed by atoms with Gasteiger partial charge >= 0.3 is 0 Å². The predicted molar refractivity (Wildman–Crippen MR) is 58.8 cm³/mol. The van der Waals surface area contributed by atoms with Gasteiger partial charge in [-0.3, -0.25) is 0 Å². The van der Waals surface area contributed by atoms with E-state index in [0.29, 0.717) is 0 Å². The highest BCUT2D eigenvalue weighted by Gasteiger charge is 2.16. The smallest absolute Gasteiger partial charge is 0.0314 e. The summed E-state index contributed by atoms with van der Waals surface area (Å²) in [5.41, 5.74) is 8.47. The Kier molecular flexibility index (Phi) is 2.42. The van der Waals surface area contributed by atoms with E-state index in [0.717, 1.165) is 17.7 Å². The average Bonchev–Trinajstić information content (AvgIpc) is 2.18. The minimum absolute atomic E-state index is 0.219. The van der Waals surface area contributed by atoms with Crippen molar-refractivity contribution >= 4 is 17.8 Å². The molecule has 0 bridgehead atoms. The van der Waals surface area contributed by atoms with Crippen LogP contribution in [-0.4, -0.2) is 5.75 Å². The normalized spacial score (nSPS) is 20.8. The van der Waals surface area contributed by atoms with Gasteiger partial charge in [0.2, 0.25) is 0 Å². The van der Waals surface area contributed by atoms with Crippen LogP contribution >= 0.6 is 11.8 Å². The molecule has 0 amide bonds. The van der Waals surface area contributed by atoms with Crippen molar-refractivity contribution in [2.45, 2.75) is 17.4 Å². The van der Waals surface area contributed by atoms with E-state index >= 15 is 0 Å². The summed E-state index contributed by atoms with van der Waals surface area (Å²) >= 11 is 1.90. The Bertz CT molecular complexity index is 333. The average molecular weight is 191 g/mol. The molecule has 1 aromatic rings. The fourth-order valence-electron chi connectivity index (χ4n) is 1.57. The predicted octanol–water partition coefficient (Wildman–Crippen LogP) is 2.83. The molecule has 13 heavy (non-hydrogen) atoms. The number of hydrogen-bond donors (Lipinski definition) is 1. The van der Waals surface area contributed by atoms with Crippen molar-refractivity contribution in [3.05, 3.63) is 35.9 Å². The highest BCUT2D eigenvalue weighted by molar-refractivity contribution is 7.99. The lowest BCUT2D eigenvalue weighted by Gasteiger charge is -2.21. The van der Waals surface area contributed by atoms with E-state index in [2.05, 4.69) is 24.8 Å². The van der Waals surface area contributed by atoms with Crippen LogP contribution in [0.2, 0.25) is 0 Å². The first-order chi connectivity index (χ1) is 6.31. The van der Waals surface area contributed by atoms with Crippen LogP contribution in [0, 0.1) is 0 Å². The van der Waals surface area contributed by atoms with Crippen LogP contribution in [-0.2, 0) is 0 Å². The van der Waals surface area contributed by atoms with Crippen LogP contribution in [0.25, 0.3) is 6.08 Å². The molecule has 0 fully saturated rings. The Morgan fingerprint density at radius 1 is 1.54 bits per heavy atom. The summed E-state index contributed by atoms with van der Waals surface area (Å²) in [6, 6.07) is 6.61. The van der Waals surface area contributed by atoms with Crippen LogP contribution in [0.4, 0.5) is 0 Å². The summed E-state index contributed by atoms with van der Waals surface area (Å²) in [5, 5.41) is 0. The summed E-state index contributed by atoms with van der Waals surface area (Å²) in [4.78, 5) is 1.34. The van der Waals surface area contributed by atoms with Gasteiger partial charge in [-0.25, -0.2) is 0 Å². The molecule has 0 unspecified atom stereocenters. The van der Waals surface area contributed by atoms with Crippen LogP contribution in [0.3, 0.4) is 0 Å². The molecule has 2 N–H and O–H groups in total. The molecule has 1 aromatic carbocycles. The second kappa shape index (κ2) is 3.56. The molecule has 0 aromatic heterocycles. The highest BCUT2D eigenvalue weighted by Crippen LogP contribution is 2.35. The number of thioether (sulfide) groups is 1. The molecular weight excluding hydrogens is 178 g/mol. The molecule has 1 heterocycles. The van der Waals surface area contributed by atoms with Gasteiger partial charge in [0.15, 0.2) is 0 Å². The van der Waals surface area contributed by atoms with Gasteiger partial charge in [0, 0.05) is 10.9 Å². The topological polar surface area (TPSA) is 26.0 Å². The Morgan fingerprint density at radius 2 is 2.38 bits per heavy atom. The van der Waals surface area contributed by atoms with E-state index in [1.54, 1.807) is 0 Å². The second-order valence-corrected chi connectivity index (χ2v) is 4.38. The first-order valence-electron chi connectivity index (χ1n) is 4.46. The molecule has 2 heteroatoms. The lowest BCUT2D eigenvalue weighted by molar-refractivity contribution is 0.680. The number of fused-ring (bicyclic) bond motifs is 1. The maximum atomic E-state index is 6.02. The van der Waals surface area contributed by atoms with Gasteiger partial charge in [-0.2, -0.15) is 0 Å². The van der Waals surface area contributed by atoms with Crippen LogP contribution in [0.15, 0.2) is 29.7 Å². The van der Waals surface area contributed by atoms with Crippen molar-refractivity contribution in [1.82, 2.24) is 0 Å². The molecule has 68 valence electrons. The molecule has 0 saturated carbocycles. The highest BCUT2D eigenvalue weighted by atomic mass is 32.2. The third kappa shape index (κ3) is 1.64. The summed E-state index contributed by atoms with van der Waals surface area (Å²) in [6.45, 7) is 3.76. The van der Waals surface area contributed by atoms with Crippen LogP contribution in [0.1, 0.15) is 23.6 Å². The van der Waals surface area contributed by atoms with Gasteiger partial charge in [0.1, 0.15) is 0 Å². The quantitative estimate of drug-likeness (QED) is 0.738. The van der Waals surface area contributed by atoms with Gasteiger partial charge in [0.25, 0.3) is 0 Å². The number of hydrogen-bond acceptors (Lipinski definition) is 2. The molecule has 0 saturated heterocycles. The van der Waals surface area contributed by atoms with Crippen molar-refractivity contribution in [2.75, 3.05) is 5.75 Å². The Labute approximate surface area is 83.0 Å². The monoisotopic (exact) mass is 191 g/mol. The summed E-state index contributed by atoms with van der Waals surface area (Å²) < 4.78 is 0. The van der Waals surface area contributed by atoms with Crippen molar-refractivity contribution in [1.29, 1.82) is 0 Å². The number of rotatable bonds is 1. The van der Waals surface area contributed by atoms with Crippen molar-refractivity contribution in [2.24, 2.45) is 5.73 Å². The molecule has 2 rings (SSSR count). The van der Waals surface area contributed by atoms with E-state index in [-0.39, 0.29) is 6.04 Å². The molecule has 0 radical (unpaired) electrons. The summed E-state index contributed by atoms with van der Waals surface area (Å²) in [7, 11) is 0. The molecular formula is C11H13NS. The molecule has 1 nitrogen and oxygen atoms in total. The van der Waals surface area contributed by atoms with Gasteiger partial charge in [-0.05, 0) is 35.4 Å². The summed E-state index contributed by atoms with van der Waals surface area (Å²) in [6.07, 6.45) is 2.95. The SMILES string of the molecule is C=Cc1ccc2c(c1)[C@@H](N)CCS2. The molecule has 1 aliphatic rings. The number of benzene rings is 1. The van der Waals surface area contributed by atoms with Gasteiger partial charge in [-0.1, -0.05) is 18.7 Å².